The van der Waals surface area contributed by atoms with Gasteiger partial charge in [0.1, 0.15) is 0 Å². The maximum absolute atomic E-state index is 14.6. The molecule has 2 aromatic heterocycles. The Morgan fingerprint density at radius 3 is 2.38 bits per heavy atom. The van der Waals surface area contributed by atoms with E-state index >= 15 is 0 Å². The Morgan fingerprint density at radius 1 is 0.983 bits per heavy atom. The van der Waals surface area contributed by atoms with Crippen LogP contribution in [0.4, 0.5) is 9.59 Å². The van der Waals surface area contributed by atoms with E-state index in [0.717, 1.165) is 22.4 Å². The molecular formula is C43H55N9O6. The lowest BCUT2D eigenvalue weighted by Gasteiger charge is -2.36. The Morgan fingerprint density at radius 2 is 1.72 bits per heavy atom. The van der Waals surface area contributed by atoms with Gasteiger partial charge in [0.2, 0.25) is 11.8 Å². The number of aliphatic hydroxyl groups excluding tert-OH is 1. The molecule has 6 N–H and O–H groups in total. The van der Waals surface area contributed by atoms with Crippen molar-refractivity contribution in [1.29, 1.82) is 0 Å². The van der Waals surface area contributed by atoms with Crippen molar-refractivity contribution in [2.75, 3.05) is 19.6 Å². The third-order valence-electron chi connectivity index (χ3n) is 10.5. The molecular weight excluding hydrogens is 739 g/mol. The van der Waals surface area contributed by atoms with Crippen LogP contribution in [-0.4, -0.2) is 97.1 Å². The van der Waals surface area contributed by atoms with E-state index in [4.69, 9.17) is 5.11 Å². The molecule has 308 valence electrons. The minimum atomic E-state index is -1.18. The molecule has 15 heteroatoms. The van der Waals surface area contributed by atoms with Crippen molar-refractivity contribution < 1.29 is 29.4 Å². The molecule has 1 saturated heterocycles. The Bertz CT molecular complexity index is 1940. The molecule has 15 nitrogen and oxygen atoms in total. The number of aromatic nitrogens is 3. The van der Waals surface area contributed by atoms with Crippen molar-refractivity contribution in [3.8, 4) is 11.3 Å². The van der Waals surface area contributed by atoms with Gasteiger partial charge in [-0.1, -0.05) is 94.8 Å². The van der Waals surface area contributed by atoms with Crippen LogP contribution >= 0.6 is 0 Å². The molecule has 1 aliphatic rings. The zero-order chi connectivity index (χ0) is 41.7. The normalized spacial score (nSPS) is 16.2. The number of benzene rings is 2. The lowest BCUT2D eigenvalue weighted by molar-refractivity contribution is -0.132. The van der Waals surface area contributed by atoms with Crippen LogP contribution in [0.2, 0.25) is 0 Å². The van der Waals surface area contributed by atoms with Crippen molar-refractivity contribution in [1.82, 2.24) is 46.5 Å². The average Bonchev–Trinajstić information content (AvgIpc) is 3.56. The minimum Gasteiger partial charge on any atom is -0.465 e. The molecule has 0 saturated carbocycles. The van der Waals surface area contributed by atoms with Gasteiger partial charge in [-0.3, -0.25) is 20.0 Å². The van der Waals surface area contributed by atoms with Gasteiger partial charge < -0.3 is 31.1 Å². The Kier molecular flexibility index (Phi) is 15.3. The number of pyridine rings is 1. The number of hydrogen-bond donors (Lipinski definition) is 6. The maximum atomic E-state index is 14.6. The van der Waals surface area contributed by atoms with Crippen molar-refractivity contribution in [2.24, 2.45) is 17.3 Å². The molecule has 2 aromatic carbocycles. The minimum absolute atomic E-state index is 0.00152. The first kappa shape index (κ1) is 43.2. The van der Waals surface area contributed by atoms with E-state index in [2.05, 4.69) is 36.6 Å². The third kappa shape index (κ3) is 12.5. The molecule has 5 rings (SSSR count). The number of hydrazine groups is 1. The van der Waals surface area contributed by atoms with Crippen molar-refractivity contribution in [3.63, 3.8) is 0 Å². The van der Waals surface area contributed by atoms with Gasteiger partial charge in [0.05, 0.1) is 42.0 Å². The van der Waals surface area contributed by atoms with Gasteiger partial charge in [-0.15, -0.1) is 0 Å². The molecule has 3 heterocycles. The first-order valence-electron chi connectivity index (χ1n) is 19.7. The summed E-state index contributed by atoms with van der Waals surface area (Å²) in [7, 11) is 0. The molecule has 5 amide bonds. The van der Waals surface area contributed by atoms with Crippen LogP contribution in [-0.2, 0) is 29.1 Å². The van der Waals surface area contributed by atoms with Gasteiger partial charge >= 0.3 is 12.1 Å². The van der Waals surface area contributed by atoms with Gasteiger partial charge in [-0.25, -0.2) is 14.6 Å². The highest BCUT2D eigenvalue weighted by molar-refractivity contribution is 5.83. The van der Waals surface area contributed by atoms with E-state index in [1.54, 1.807) is 48.3 Å². The lowest BCUT2D eigenvalue weighted by atomic mass is 9.83. The summed E-state index contributed by atoms with van der Waals surface area (Å²) in [5.74, 6) is -1.41. The van der Waals surface area contributed by atoms with Crippen LogP contribution in [0.3, 0.4) is 0 Å². The van der Waals surface area contributed by atoms with Gasteiger partial charge in [-0.05, 0) is 53.1 Å². The molecule has 58 heavy (non-hydrogen) atoms. The summed E-state index contributed by atoms with van der Waals surface area (Å²) in [4.78, 5) is 58.5. The van der Waals surface area contributed by atoms with E-state index in [1.165, 1.54) is 0 Å². The fourth-order valence-corrected chi connectivity index (χ4v) is 7.22. The quantitative estimate of drug-likeness (QED) is 0.0697. The van der Waals surface area contributed by atoms with Crippen LogP contribution in [0, 0.1) is 17.3 Å². The van der Waals surface area contributed by atoms with Crippen molar-refractivity contribution in [3.05, 3.63) is 114 Å². The van der Waals surface area contributed by atoms with E-state index in [1.807, 2.05) is 86.6 Å². The molecule has 1 unspecified atom stereocenters. The summed E-state index contributed by atoms with van der Waals surface area (Å²) < 4.78 is 0. The summed E-state index contributed by atoms with van der Waals surface area (Å²) >= 11 is 0. The topological polar surface area (TPSA) is 202 Å². The predicted molar refractivity (Wildman–Crippen MR) is 218 cm³/mol. The summed E-state index contributed by atoms with van der Waals surface area (Å²) in [6.45, 7) is 8.24. The maximum Gasteiger partial charge on any atom is 0.404 e. The van der Waals surface area contributed by atoms with Gasteiger partial charge in [0.25, 0.3) is 0 Å². The van der Waals surface area contributed by atoms with Crippen LogP contribution in [0.15, 0.2) is 97.3 Å². The Hall–Kier alpha value is -5.93. The average molecular weight is 794 g/mol. The Labute approximate surface area is 339 Å². The zero-order valence-electron chi connectivity index (χ0n) is 33.5. The number of nitrogens with one attached hydrogen (secondary N) is 4. The number of carbonyl (C=O) groups is 4. The summed E-state index contributed by atoms with van der Waals surface area (Å²) in [6.07, 6.45) is 1.90. The van der Waals surface area contributed by atoms with Gasteiger partial charge in [0, 0.05) is 50.6 Å². The number of rotatable bonds is 20. The standard InChI is InChI=1S/C43H55N9O6/c1-5-29(2)39(36-24-45-41(56)52(36)26-33-14-11-21-47-49-33)40(55)48-35(22-30-12-7-6-8-13-30)37(53)27-51(50-38(54)23-43(3,4)28-46-42(57)58)25-31-16-18-32(19-17-31)34-15-9-10-20-44-34/h6-21,29,35-37,39,46,53H,5,22-28H2,1-4H3,(H,45,56)(H,48,55)(H,50,54)(H,57,58)/t29-,35-,36?,37-,39-/m0/s1. The Balaban J connectivity index is 1.40. The van der Waals surface area contributed by atoms with E-state index < -0.39 is 35.6 Å². The first-order chi connectivity index (χ1) is 27.8. The van der Waals surface area contributed by atoms with Crippen LogP contribution < -0.4 is 21.4 Å². The highest BCUT2D eigenvalue weighted by Crippen LogP contribution is 2.28. The summed E-state index contributed by atoms with van der Waals surface area (Å²) in [5, 5.41) is 39.4. The van der Waals surface area contributed by atoms with E-state index in [-0.39, 0.29) is 62.9 Å². The van der Waals surface area contributed by atoms with Gasteiger partial charge in [-0.2, -0.15) is 10.2 Å². The first-order valence-corrected chi connectivity index (χ1v) is 19.7. The highest BCUT2D eigenvalue weighted by atomic mass is 16.4. The van der Waals surface area contributed by atoms with E-state index in [9.17, 15) is 24.3 Å². The summed E-state index contributed by atoms with van der Waals surface area (Å²) in [5.41, 5.74) is 6.33. The SMILES string of the molecule is CC[C@H](C)[C@H](C(=O)N[C@@H](Cc1ccccc1)[C@@H](O)CN(Cc1ccc(-c2ccccn2)cc1)NC(=O)CC(C)(C)CNC(=O)O)C1CNC(=O)N1Cc1cccnn1. The van der Waals surface area contributed by atoms with Crippen LogP contribution in [0.1, 0.15) is 57.4 Å². The zero-order valence-corrected chi connectivity index (χ0v) is 33.5. The van der Waals surface area contributed by atoms with Gasteiger partial charge in [0.15, 0.2) is 0 Å². The fourth-order valence-electron chi connectivity index (χ4n) is 7.22. The van der Waals surface area contributed by atoms with Crippen molar-refractivity contribution in [2.45, 2.75) is 78.2 Å². The monoisotopic (exact) mass is 793 g/mol. The largest absolute Gasteiger partial charge is 0.465 e. The molecule has 0 bridgehead atoms. The molecule has 0 radical (unpaired) electrons. The number of carbonyl (C=O) groups excluding carboxylic acids is 3. The number of hydrogen-bond acceptors (Lipinski definition) is 9. The number of aliphatic hydroxyl groups is 1. The molecule has 1 fully saturated rings. The molecule has 0 spiro atoms. The molecule has 0 aliphatic carbocycles. The number of amides is 5. The second-order valence-corrected chi connectivity index (χ2v) is 15.7. The van der Waals surface area contributed by atoms with Crippen LogP contribution in [0.5, 0.6) is 0 Å². The predicted octanol–water partition coefficient (Wildman–Crippen LogP) is 4.40. The fraction of sp³-hybridized carbons (Fsp3) is 0.419. The molecule has 1 aliphatic heterocycles. The smallest absolute Gasteiger partial charge is 0.404 e. The van der Waals surface area contributed by atoms with Crippen molar-refractivity contribution >= 4 is 23.9 Å². The molecule has 5 atom stereocenters. The molecule has 4 aromatic rings. The van der Waals surface area contributed by atoms with Crippen LogP contribution in [0.25, 0.3) is 11.3 Å². The summed E-state index contributed by atoms with van der Waals surface area (Å²) in [6, 6.07) is 24.9. The third-order valence-corrected chi connectivity index (χ3v) is 10.5. The van der Waals surface area contributed by atoms with E-state index in [0.29, 0.717) is 18.5 Å². The lowest BCUT2D eigenvalue weighted by Crippen LogP contribution is -2.56. The second kappa shape index (κ2) is 20.5. The second-order valence-electron chi connectivity index (χ2n) is 15.7. The number of carboxylic acid groups (broad SMARTS) is 1. The highest BCUT2D eigenvalue weighted by Gasteiger charge is 2.43. The number of urea groups is 1. The number of nitrogens with zero attached hydrogens (tertiary/aromatic N) is 5.